The van der Waals surface area contributed by atoms with Gasteiger partial charge in [-0.3, -0.25) is 4.79 Å². The van der Waals surface area contributed by atoms with Crippen LogP contribution in [0.3, 0.4) is 0 Å². The highest BCUT2D eigenvalue weighted by molar-refractivity contribution is 6.32. The monoisotopic (exact) mass is 262 g/mol. The Morgan fingerprint density at radius 3 is 2.72 bits per heavy atom. The second-order valence-electron chi connectivity index (χ2n) is 3.73. The van der Waals surface area contributed by atoms with E-state index in [1.165, 1.54) is 0 Å². The molecule has 0 aliphatic heterocycles. The van der Waals surface area contributed by atoms with Crippen molar-refractivity contribution in [2.24, 2.45) is 0 Å². The van der Waals surface area contributed by atoms with Gasteiger partial charge in [0.15, 0.2) is 6.29 Å². The van der Waals surface area contributed by atoms with Gasteiger partial charge in [-0.2, -0.15) is 0 Å². The SMILES string of the molecule is O=Cc1cccc(Cl)c1OCc1cccc(O)c1. The number of carbonyl (C=O) groups is 1. The van der Waals surface area contributed by atoms with Crippen LogP contribution in [0.4, 0.5) is 0 Å². The molecule has 2 aromatic carbocycles. The Morgan fingerprint density at radius 2 is 2.00 bits per heavy atom. The van der Waals surface area contributed by atoms with Crippen LogP contribution in [-0.4, -0.2) is 11.4 Å². The normalized spacial score (nSPS) is 10.1. The average Bonchev–Trinajstić information content (AvgIpc) is 2.37. The standard InChI is InChI=1S/C14H11ClO3/c15-13-6-2-4-11(8-16)14(13)18-9-10-3-1-5-12(17)7-10/h1-8,17H,9H2. The molecule has 1 N–H and O–H groups in total. The molecule has 0 amide bonds. The molecule has 0 radical (unpaired) electrons. The van der Waals surface area contributed by atoms with Crippen molar-refractivity contribution in [3.8, 4) is 11.5 Å². The van der Waals surface area contributed by atoms with Gasteiger partial charge in [0.2, 0.25) is 0 Å². The van der Waals surface area contributed by atoms with Crippen LogP contribution in [0, 0.1) is 0 Å². The molecular weight excluding hydrogens is 252 g/mol. The number of aromatic hydroxyl groups is 1. The number of phenols is 1. The van der Waals surface area contributed by atoms with Gasteiger partial charge in [0, 0.05) is 0 Å². The molecule has 0 aliphatic rings. The third kappa shape index (κ3) is 2.81. The molecule has 0 saturated heterocycles. The van der Waals surface area contributed by atoms with E-state index in [2.05, 4.69) is 0 Å². The minimum atomic E-state index is 0.172. The predicted molar refractivity (Wildman–Crippen MR) is 69.3 cm³/mol. The van der Waals surface area contributed by atoms with Crippen LogP contribution >= 0.6 is 11.6 Å². The first kappa shape index (κ1) is 12.5. The Bertz CT molecular complexity index is 567. The maximum absolute atomic E-state index is 10.9. The fourth-order valence-electron chi connectivity index (χ4n) is 1.57. The molecule has 0 spiro atoms. The van der Waals surface area contributed by atoms with Crippen LogP contribution in [0.1, 0.15) is 15.9 Å². The molecule has 2 rings (SSSR count). The molecular formula is C14H11ClO3. The average molecular weight is 263 g/mol. The van der Waals surface area contributed by atoms with E-state index in [0.717, 1.165) is 5.56 Å². The molecule has 0 bridgehead atoms. The Kier molecular flexibility index (Phi) is 3.85. The lowest BCUT2D eigenvalue weighted by Crippen LogP contribution is -1.98. The summed E-state index contributed by atoms with van der Waals surface area (Å²) in [4.78, 5) is 10.9. The molecule has 0 atom stereocenters. The first-order valence-corrected chi connectivity index (χ1v) is 5.73. The Morgan fingerprint density at radius 1 is 1.22 bits per heavy atom. The molecule has 0 fully saturated rings. The van der Waals surface area contributed by atoms with Gasteiger partial charge < -0.3 is 9.84 Å². The van der Waals surface area contributed by atoms with E-state index in [4.69, 9.17) is 16.3 Å². The van der Waals surface area contributed by atoms with Crippen LogP contribution in [0.2, 0.25) is 5.02 Å². The van der Waals surface area contributed by atoms with Gasteiger partial charge in [0.1, 0.15) is 18.1 Å². The molecule has 0 heterocycles. The van der Waals surface area contributed by atoms with Crippen LogP contribution in [-0.2, 0) is 6.61 Å². The summed E-state index contributed by atoms with van der Waals surface area (Å²) in [5, 5.41) is 9.72. The number of hydrogen-bond donors (Lipinski definition) is 1. The third-order valence-electron chi connectivity index (χ3n) is 2.42. The van der Waals surface area contributed by atoms with Crippen molar-refractivity contribution in [3.63, 3.8) is 0 Å². The van der Waals surface area contributed by atoms with Crippen LogP contribution in [0.5, 0.6) is 11.5 Å². The quantitative estimate of drug-likeness (QED) is 0.859. The topological polar surface area (TPSA) is 46.5 Å². The summed E-state index contributed by atoms with van der Waals surface area (Å²) in [5.41, 5.74) is 1.20. The lowest BCUT2D eigenvalue weighted by molar-refractivity contribution is 0.111. The minimum Gasteiger partial charge on any atom is -0.508 e. The summed E-state index contributed by atoms with van der Waals surface area (Å²) in [6.45, 7) is 0.235. The highest BCUT2D eigenvalue weighted by Gasteiger charge is 2.08. The predicted octanol–water partition coefficient (Wildman–Crippen LogP) is 3.44. The summed E-state index contributed by atoms with van der Waals surface area (Å²) in [7, 11) is 0. The van der Waals surface area contributed by atoms with Crippen molar-refractivity contribution in [2.45, 2.75) is 6.61 Å². The van der Waals surface area contributed by atoms with Gasteiger partial charge in [-0.25, -0.2) is 0 Å². The van der Waals surface area contributed by atoms with Crippen molar-refractivity contribution in [1.29, 1.82) is 0 Å². The van der Waals surface area contributed by atoms with E-state index in [0.29, 0.717) is 22.6 Å². The van der Waals surface area contributed by atoms with Gasteiger partial charge in [-0.05, 0) is 29.8 Å². The number of aldehydes is 1. The van der Waals surface area contributed by atoms with Crippen molar-refractivity contribution < 1.29 is 14.6 Å². The zero-order valence-corrected chi connectivity index (χ0v) is 10.2. The van der Waals surface area contributed by atoms with E-state index < -0.39 is 0 Å². The molecule has 18 heavy (non-hydrogen) atoms. The maximum Gasteiger partial charge on any atom is 0.153 e. The zero-order chi connectivity index (χ0) is 13.0. The fraction of sp³-hybridized carbons (Fsp3) is 0.0714. The van der Waals surface area contributed by atoms with E-state index in [-0.39, 0.29) is 12.4 Å². The maximum atomic E-state index is 10.9. The molecule has 0 unspecified atom stereocenters. The van der Waals surface area contributed by atoms with Crippen LogP contribution in [0.15, 0.2) is 42.5 Å². The second kappa shape index (κ2) is 5.56. The van der Waals surface area contributed by atoms with Crippen molar-refractivity contribution in [3.05, 3.63) is 58.6 Å². The fourth-order valence-corrected chi connectivity index (χ4v) is 1.81. The Balaban J connectivity index is 2.18. The number of benzene rings is 2. The van der Waals surface area contributed by atoms with Crippen molar-refractivity contribution in [2.75, 3.05) is 0 Å². The van der Waals surface area contributed by atoms with Gasteiger partial charge in [0.05, 0.1) is 10.6 Å². The van der Waals surface area contributed by atoms with Crippen molar-refractivity contribution in [1.82, 2.24) is 0 Å². The summed E-state index contributed by atoms with van der Waals surface area (Å²) in [6, 6.07) is 11.7. The molecule has 0 saturated carbocycles. The summed E-state index contributed by atoms with van der Waals surface area (Å²) in [6.07, 6.45) is 0.698. The van der Waals surface area contributed by atoms with Gasteiger partial charge >= 0.3 is 0 Å². The minimum absolute atomic E-state index is 0.172. The third-order valence-corrected chi connectivity index (χ3v) is 2.72. The van der Waals surface area contributed by atoms with Crippen LogP contribution < -0.4 is 4.74 Å². The molecule has 0 aliphatic carbocycles. The zero-order valence-electron chi connectivity index (χ0n) is 9.47. The summed E-state index contributed by atoms with van der Waals surface area (Å²) in [5.74, 6) is 0.531. The molecule has 3 nitrogen and oxygen atoms in total. The molecule has 4 heteroatoms. The first-order chi connectivity index (χ1) is 8.70. The summed E-state index contributed by atoms with van der Waals surface area (Å²) >= 11 is 5.97. The van der Waals surface area contributed by atoms with Crippen LogP contribution in [0.25, 0.3) is 0 Å². The number of ether oxygens (including phenoxy) is 1. The smallest absolute Gasteiger partial charge is 0.153 e. The number of carbonyl (C=O) groups excluding carboxylic acids is 1. The van der Waals surface area contributed by atoms with Crippen molar-refractivity contribution >= 4 is 17.9 Å². The lowest BCUT2D eigenvalue weighted by atomic mass is 10.2. The largest absolute Gasteiger partial charge is 0.508 e. The highest BCUT2D eigenvalue weighted by atomic mass is 35.5. The number of phenolic OH excluding ortho intramolecular Hbond substituents is 1. The van der Waals surface area contributed by atoms with E-state index in [9.17, 15) is 9.90 Å². The number of hydrogen-bond acceptors (Lipinski definition) is 3. The number of halogens is 1. The van der Waals surface area contributed by atoms with Gasteiger partial charge in [-0.1, -0.05) is 29.8 Å². The molecule has 92 valence electrons. The number of rotatable bonds is 4. The van der Waals surface area contributed by atoms with Gasteiger partial charge in [-0.15, -0.1) is 0 Å². The summed E-state index contributed by atoms with van der Waals surface area (Å²) < 4.78 is 5.53. The second-order valence-corrected chi connectivity index (χ2v) is 4.14. The molecule has 0 aromatic heterocycles. The lowest BCUT2D eigenvalue weighted by Gasteiger charge is -2.10. The van der Waals surface area contributed by atoms with E-state index in [1.54, 1.807) is 36.4 Å². The van der Waals surface area contributed by atoms with E-state index >= 15 is 0 Å². The van der Waals surface area contributed by atoms with E-state index in [1.807, 2.05) is 6.07 Å². The highest BCUT2D eigenvalue weighted by Crippen LogP contribution is 2.28. The Hall–Kier alpha value is -2.00. The Labute approximate surface area is 110 Å². The number of para-hydroxylation sites is 1. The molecule has 2 aromatic rings. The van der Waals surface area contributed by atoms with Gasteiger partial charge in [0.25, 0.3) is 0 Å². The first-order valence-electron chi connectivity index (χ1n) is 5.35.